The molecule has 0 amide bonds. The van der Waals surface area contributed by atoms with Crippen molar-refractivity contribution in [1.82, 2.24) is 4.98 Å². The molecule has 0 atom stereocenters. The van der Waals surface area contributed by atoms with Gasteiger partial charge in [0.25, 0.3) is 0 Å². The van der Waals surface area contributed by atoms with Crippen molar-refractivity contribution in [3.63, 3.8) is 0 Å². The molecule has 2 aromatic carbocycles. The molecule has 0 aliphatic heterocycles. The van der Waals surface area contributed by atoms with Crippen molar-refractivity contribution in [2.45, 2.75) is 0 Å². The largest absolute Gasteiger partial charge is 0.235 e. The maximum atomic E-state index is 6.20. The SMILES string of the molecule is Clc1nc(-c2ccccc2)cc2ccccc12. The summed E-state index contributed by atoms with van der Waals surface area (Å²) in [6, 6.07) is 20.1. The molecule has 3 rings (SSSR count). The summed E-state index contributed by atoms with van der Waals surface area (Å²) in [7, 11) is 0. The molecule has 0 saturated heterocycles. The fourth-order valence-corrected chi connectivity index (χ4v) is 2.18. The monoisotopic (exact) mass is 239 g/mol. The molecule has 0 fully saturated rings. The molecule has 0 spiro atoms. The summed E-state index contributed by atoms with van der Waals surface area (Å²) in [6.07, 6.45) is 0. The van der Waals surface area contributed by atoms with E-state index in [1.807, 2.05) is 48.5 Å². The van der Waals surface area contributed by atoms with Gasteiger partial charge in [-0.15, -0.1) is 0 Å². The van der Waals surface area contributed by atoms with Crippen LogP contribution < -0.4 is 0 Å². The minimum absolute atomic E-state index is 0.557. The fraction of sp³-hybridized carbons (Fsp3) is 0. The molecular weight excluding hydrogens is 230 g/mol. The topological polar surface area (TPSA) is 12.9 Å². The van der Waals surface area contributed by atoms with E-state index in [1.54, 1.807) is 0 Å². The Bertz CT molecular complexity index is 662. The van der Waals surface area contributed by atoms with Crippen LogP contribution in [0.15, 0.2) is 60.7 Å². The van der Waals surface area contributed by atoms with E-state index in [0.717, 1.165) is 22.0 Å². The lowest BCUT2D eigenvalue weighted by Crippen LogP contribution is -1.85. The molecule has 2 heteroatoms. The van der Waals surface area contributed by atoms with Gasteiger partial charge in [-0.1, -0.05) is 66.2 Å². The van der Waals surface area contributed by atoms with Gasteiger partial charge in [0.15, 0.2) is 0 Å². The number of aromatic nitrogens is 1. The minimum atomic E-state index is 0.557. The Hall–Kier alpha value is -1.86. The Morgan fingerprint density at radius 2 is 1.53 bits per heavy atom. The second-order valence-corrected chi connectivity index (χ2v) is 4.24. The normalized spacial score (nSPS) is 10.6. The highest BCUT2D eigenvalue weighted by atomic mass is 35.5. The highest BCUT2D eigenvalue weighted by molar-refractivity contribution is 6.34. The zero-order valence-electron chi connectivity index (χ0n) is 9.10. The minimum Gasteiger partial charge on any atom is -0.235 e. The molecule has 17 heavy (non-hydrogen) atoms. The maximum Gasteiger partial charge on any atom is 0.137 e. The van der Waals surface area contributed by atoms with E-state index < -0.39 is 0 Å². The molecule has 3 aromatic rings. The predicted octanol–water partition coefficient (Wildman–Crippen LogP) is 4.56. The quantitative estimate of drug-likeness (QED) is 0.568. The van der Waals surface area contributed by atoms with Crippen molar-refractivity contribution in [1.29, 1.82) is 0 Å². The molecule has 1 nitrogen and oxygen atoms in total. The predicted molar refractivity (Wildman–Crippen MR) is 72.2 cm³/mol. The van der Waals surface area contributed by atoms with Crippen LogP contribution in [-0.2, 0) is 0 Å². The van der Waals surface area contributed by atoms with Crippen molar-refractivity contribution in [2.75, 3.05) is 0 Å². The molecule has 0 aliphatic carbocycles. The number of nitrogens with zero attached hydrogens (tertiary/aromatic N) is 1. The Morgan fingerprint density at radius 3 is 2.35 bits per heavy atom. The van der Waals surface area contributed by atoms with Crippen LogP contribution in [0.2, 0.25) is 5.15 Å². The summed E-state index contributed by atoms with van der Waals surface area (Å²) in [6.45, 7) is 0. The van der Waals surface area contributed by atoms with Crippen LogP contribution in [0, 0.1) is 0 Å². The van der Waals surface area contributed by atoms with Gasteiger partial charge in [-0.25, -0.2) is 4.98 Å². The first-order valence-electron chi connectivity index (χ1n) is 5.45. The van der Waals surface area contributed by atoms with Crippen LogP contribution in [0.1, 0.15) is 0 Å². The first-order chi connectivity index (χ1) is 8.34. The zero-order valence-corrected chi connectivity index (χ0v) is 9.85. The Morgan fingerprint density at radius 1 is 0.824 bits per heavy atom. The van der Waals surface area contributed by atoms with E-state index in [9.17, 15) is 0 Å². The first kappa shape index (κ1) is 10.3. The fourth-order valence-electron chi connectivity index (χ4n) is 1.91. The van der Waals surface area contributed by atoms with E-state index in [0.29, 0.717) is 5.15 Å². The van der Waals surface area contributed by atoms with Crippen LogP contribution in [0.25, 0.3) is 22.0 Å². The highest BCUT2D eigenvalue weighted by Gasteiger charge is 2.04. The Kier molecular flexibility index (Phi) is 2.54. The van der Waals surface area contributed by atoms with Crippen molar-refractivity contribution < 1.29 is 0 Å². The van der Waals surface area contributed by atoms with Crippen LogP contribution in [0.5, 0.6) is 0 Å². The van der Waals surface area contributed by atoms with Gasteiger partial charge >= 0.3 is 0 Å². The van der Waals surface area contributed by atoms with Gasteiger partial charge in [-0.05, 0) is 11.5 Å². The molecule has 0 aliphatic rings. The standard InChI is InChI=1S/C15H10ClN/c16-15-13-9-5-4-8-12(13)10-14(17-15)11-6-2-1-3-7-11/h1-10H. The van der Waals surface area contributed by atoms with Crippen LogP contribution in [-0.4, -0.2) is 4.98 Å². The molecule has 1 heterocycles. The van der Waals surface area contributed by atoms with Gasteiger partial charge in [0.05, 0.1) is 5.69 Å². The van der Waals surface area contributed by atoms with Crippen molar-refractivity contribution in [2.24, 2.45) is 0 Å². The van der Waals surface area contributed by atoms with Gasteiger partial charge < -0.3 is 0 Å². The van der Waals surface area contributed by atoms with Gasteiger partial charge in [0, 0.05) is 10.9 Å². The van der Waals surface area contributed by atoms with Crippen molar-refractivity contribution in [3.8, 4) is 11.3 Å². The van der Waals surface area contributed by atoms with E-state index in [2.05, 4.69) is 17.1 Å². The molecule has 1 aromatic heterocycles. The Balaban J connectivity index is 2.26. The Labute approximate surface area is 105 Å². The van der Waals surface area contributed by atoms with Gasteiger partial charge in [-0.2, -0.15) is 0 Å². The van der Waals surface area contributed by atoms with E-state index >= 15 is 0 Å². The lowest BCUT2D eigenvalue weighted by atomic mass is 10.1. The summed E-state index contributed by atoms with van der Waals surface area (Å²) in [5, 5.41) is 2.67. The number of halogens is 1. The van der Waals surface area contributed by atoms with Crippen LogP contribution >= 0.6 is 11.6 Å². The number of rotatable bonds is 1. The average molecular weight is 240 g/mol. The van der Waals surface area contributed by atoms with Gasteiger partial charge in [-0.3, -0.25) is 0 Å². The van der Waals surface area contributed by atoms with Crippen LogP contribution in [0.3, 0.4) is 0 Å². The van der Waals surface area contributed by atoms with E-state index in [4.69, 9.17) is 11.6 Å². The third-order valence-corrected chi connectivity index (χ3v) is 3.05. The van der Waals surface area contributed by atoms with E-state index in [1.165, 1.54) is 0 Å². The summed E-state index contributed by atoms with van der Waals surface area (Å²) in [4.78, 5) is 4.44. The number of hydrogen-bond acceptors (Lipinski definition) is 1. The van der Waals surface area contributed by atoms with Crippen molar-refractivity contribution >= 4 is 22.4 Å². The second kappa shape index (κ2) is 4.19. The number of fused-ring (bicyclic) bond motifs is 1. The lowest BCUT2D eigenvalue weighted by Gasteiger charge is -2.05. The lowest BCUT2D eigenvalue weighted by molar-refractivity contribution is 1.36. The molecule has 0 N–H and O–H groups in total. The number of pyridine rings is 1. The third-order valence-electron chi connectivity index (χ3n) is 2.76. The molecule has 0 bridgehead atoms. The highest BCUT2D eigenvalue weighted by Crippen LogP contribution is 2.27. The molecule has 0 saturated carbocycles. The molecule has 82 valence electrons. The van der Waals surface area contributed by atoms with Crippen molar-refractivity contribution in [3.05, 3.63) is 65.8 Å². The molecule has 0 unspecified atom stereocenters. The summed E-state index contributed by atoms with van der Waals surface area (Å²) >= 11 is 6.20. The maximum absolute atomic E-state index is 6.20. The summed E-state index contributed by atoms with van der Waals surface area (Å²) in [5.41, 5.74) is 1.99. The van der Waals surface area contributed by atoms with Gasteiger partial charge in [0.1, 0.15) is 5.15 Å². The van der Waals surface area contributed by atoms with Crippen LogP contribution in [0.4, 0.5) is 0 Å². The molecule has 0 radical (unpaired) electrons. The first-order valence-corrected chi connectivity index (χ1v) is 5.83. The summed E-state index contributed by atoms with van der Waals surface area (Å²) < 4.78 is 0. The smallest absolute Gasteiger partial charge is 0.137 e. The molecular formula is C15H10ClN. The zero-order chi connectivity index (χ0) is 11.7. The summed E-state index contributed by atoms with van der Waals surface area (Å²) in [5.74, 6) is 0. The van der Waals surface area contributed by atoms with E-state index in [-0.39, 0.29) is 0 Å². The third kappa shape index (κ3) is 1.90. The second-order valence-electron chi connectivity index (χ2n) is 3.89. The number of benzene rings is 2. The number of hydrogen-bond donors (Lipinski definition) is 0. The van der Waals surface area contributed by atoms with Gasteiger partial charge in [0.2, 0.25) is 0 Å². The average Bonchev–Trinajstić information content (AvgIpc) is 2.40.